The number of aromatic nitrogens is 1. The van der Waals surface area contributed by atoms with E-state index in [1.165, 1.54) is 10.6 Å². The normalized spacial score (nSPS) is 38.2. The maximum absolute atomic E-state index is 13.6. The van der Waals surface area contributed by atoms with Crippen molar-refractivity contribution in [3.8, 4) is 5.88 Å². The number of piperidine rings is 1. The number of rotatable bonds is 6. The smallest absolute Gasteiger partial charge is 0.318 e. The average Bonchev–Trinajstić information content (AvgIpc) is 3.20. The van der Waals surface area contributed by atoms with E-state index < -0.39 is 10.0 Å². The molecule has 4 unspecified atom stereocenters. The molecule has 11 nitrogen and oxygen atoms in total. The van der Waals surface area contributed by atoms with E-state index in [1.54, 1.807) is 6.20 Å². The monoisotopic (exact) mass is 586 g/mol. The van der Waals surface area contributed by atoms with Crippen molar-refractivity contribution >= 4 is 27.6 Å². The first-order valence-corrected chi connectivity index (χ1v) is 17.1. The van der Waals surface area contributed by atoms with Crippen LogP contribution in [0.5, 0.6) is 5.88 Å². The molecule has 4 saturated carbocycles. The van der Waals surface area contributed by atoms with Crippen LogP contribution in [-0.2, 0) is 14.8 Å². The van der Waals surface area contributed by atoms with Gasteiger partial charge in [0.25, 0.3) is 0 Å². The van der Waals surface area contributed by atoms with Gasteiger partial charge in [-0.25, -0.2) is 18.2 Å². The van der Waals surface area contributed by atoms with Gasteiger partial charge >= 0.3 is 6.03 Å². The van der Waals surface area contributed by atoms with Gasteiger partial charge in [0, 0.05) is 68.6 Å². The quantitative estimate of drug-likeness (QED) is 0.520. The standard InChI is InChI=1S/C29H42N6O5S/c1-41(38,39)34-8-6-33(7-9-34)23-4-5-25(31-17-23)40-24-12-21-2-3-22(13-24)35(21)28(37)32-26-19-10-18-11-20(26)16-29(14-18,15-19)27(30)36/h4-5,17-22,24,26H,2-3,6-16H2,1H3,(H2,30,36)(H,32,37). The molecule has 3 aliphatic heterocycles. The summed E-state index contributed by atoms with van der Waals surface area (Å²) >= 11 is 0. The number of anilines is 1. The maximum atomic E-state index is 13.6. The summed E-state index contributed by atoms with van der Waals surface area (Å²) in [6, 6.07) is 4.42. The molecule has 0 spiro atoms. The van der Waals surface area contributed by atoms with Crippen LogP contribution in [0.25, 0.3) is 0 Å². The molecule has 12 heteroatoms. The van der Waals surface area contributed by atoms with E-state index in [2.05, 4.69) is 20.1 Å². The second-order valence-corrected chi connectivity index (χ2v) is 15.6. The first-order valence-electron chi connectivity index (χ1n) is 15.3. The molecule has 3 amide bonds. The molecule has 4 heterocycles. The Morgan fingerprint density at radius 1 is 1.00 bits per heavy atom. The molecule has 0 radical (unpaired) electrons. The molecule has 41 heavy (non-hydrogen) atoms. The minimum absolute atomic E-state index is 0.0183. The van der Waals surface area contributed by atoms with E-state index in [0.29, 0.717) is 49.8 Å². The van der Waals surface area contributed by atoms with Crippen molar-refractivity contribution < 1.29 is 22.7 Å². The molecule has 7 fully saturated rings. The van der Waals surface area contributed by atoms with Crippen molar-refractivity contribution in [1.82, 2.24) is 19.5 Å². The number of nitrogens with zero attached hydrogens (tertiary/aromatic N) is 4. The van der Waals surface area contributed by atoms with Crippen molar-refractivity contribution in [2.75, 3.05) is 37.3 Å². The summed E-state index contributed by atoms with van der Waals surface area (Å²) in [6.45, 7) is 2.22. The molecule has 3 N–H and O–H groups in total. The second-order valence-electron chi connectivity index (χ2n) is 13.6. The van der Waals surface area contributed by atoms with Crippen LogP contribution in [0.2, 0.25) is 0 Å². The third-order valence-electron chi connectivity index (χ3n) is 11.1. The lowest BCUT2D eigenvalue weighted by Gasteiger charge is -2.59. The minimum Gasteiger partial charge on any atom is -0.474 e. The largest absolute Gasteiger partial charge is 0.474 e. The Kier molecular flexibility index (Phi) is 6.64. The Morgan fingerprint density at radius 3 is 2.22 bits per heavy atom. The molecular formula is C29H42N6O5S. The molecule has 6 bridgehead atoms. The molecule has 1 aromatic heterocycles. The van der Waals surface area contributed by atoms with Gasteiger partial charge in [-0.3, -0.25) is 4.79 Å². The summed E-state index contributed by atoms with van der Waals surface area (Å²) in [4.78, 5) is 34.7. The molecule has 0 aromatic carbocycles. The number of hydrogen-bond donors (Lipinski definition) is 2. The average molecular weight is 587 g/mol. The summed E-state index contributed by atoms with van der Waals surface area (Å²) in [7, 11) is -3.16. The first-order chi connectivity index (χ1) is 19.6. The zero-order valence-corrected chi connectivity index (χ0v) is 24.6. The van der Waals surface area contributed by atoms with Crippen LogP contribution >= 0.6 is 0 Å². The highest BCUT2D eigenvalue weighted by atomic mass is 32.2. The Hall–Kier alpha value is -2.60. The van der Waals surface area contributed by atoms with E-state index in [0.717, 1.165) is 63.5 Å². The third-order valence-corrected chi connectivity index (χ3v) is 12.4. The maximum Gasteiger partial charge on any atom is 0.318 e. The molecule has 4 atom stereocenters. The Morgan fingerprint density at radius 2 is 1.66 bits per heavy atom. The van der Waals surface area contributed by atoms with E-state index in [4.69, 9.17) is 10.5 Å². The van der Waals surface area contributed by atoms with Crippen molar-refractivity contribution in [2.24, 2.45) is 28.9 Å². The van der Waals surface area contributed by atoms with E-state index in [9.17, 15) is 18.0 Å². The summed E-state index contributed by atoms with van der Waals surface area (Å²) in [5.41, 5.74) is 6.47. The zero-order valence-electron chi connectivity index (χ0n) is 23.8. The predicted molar refractivity (Wildman–Crippen MR) is 153 cm³/mol. The molecule has 8 rings (SSSR count). The fraction of sp³-hybridized carbons (Fsp3) is 0.759. The minimum atomic E-state index is -3.16. The van der Waals surface area contributed by atoms with Crippen molar-refractivity contribution in [3.05, 3.63) is 18.3 Å². The van der Waals surface area contributed by atoms with Crippen molar-refractivity contribution in [2.45, 2.75) is 82.0 Å². The molecule has 224 valence electrons. The molecule has 1 aromatic rings. The number of nitrogens with one attached hydrogen (secondary N) is 1. The fourth-order valence-corrected chi connectivity index (χ4v) is 10.2. The fourth-order valence-electron chi connectivity index (χ4n) is 9.41. The number of ether oxygens (including phenoxy) is 1. The van der Waals surface area contributed by atoms with Crippen LogP contribution in [0.1, 0.15) is 57.8 Å². The lowest BCUT2D eigenvalue weighted by molar-refractivity contribution is -0.145. The summed E-state index contributed by atoms with van der Waals surface area (Å²) in [5.74, 6) is 1.73. The van der Waals surface area contributed by atoms with Crippen LogP contribution in [0.15, 0.2) is 18.3 Å². The molecular weight excluding hydrogens is 544 g/mol. The van der Waals surface area contributed by atoms with Crippen LogP contribution < -0.4 is 20.7 Å². The summed E-state index contributed by atoms with van der Waals surface area (Å²) in [6.07, 6.45) is 11.4. The number of fused-ring (bicyclic) bond motifs is 2. The highest BCUT2D eigenvalue weighted by molar-refractivity contribution is 7.88. The van der Waals surface area contributed by atoms with Crippen molar-refractivity contribution in [3.63, 3.8) is 0 Å². The lowest BCUT2D eigenvalue weighted by atomic mass is 9.47. The number of nitrogens with two attached hydrogens (primary N) is 1. The second kappa shape index (κ2) is 10.00. The van der Waals surface area contributed by atoms with Gasteiger partial charge in [-0.2, -0.15) is 4.31 Å². The number of carbonyl (C=O) groups excluding carboxylic acids is 2. The van der Waals surface area contributed by atoms with Gasteiger partial charge in [0.2, 0.25) is 21.8 Å². The third kappa shape index (κ3) is 4.94. The van der Waals surface area contributed by atoms with Gasteiger partial charge in [0.05, 0.1) is 18.1 Å². The zero-order chi connectivity index (χ0) is 28.5. The lowest BCUT2D eigenvalue weighted by Crippen LogP contribution is -2.64. The highest BCUT2D eigenvalue weighted by Gasteiger charge is 2.58. The van der Waals surface area contributed by atoms with Gasteiger partial charge in [0.1, 0.15) is 6.10 Å². The summed E-state index contributed by atoms with van der Waals surface area (Å²) in [5, 5.41) is 3.44. The molecule has 3 saturated heterocycles. The van der Waals surface area contributed by atoms with E-state index in [1.807, 2.05) is 12.1 Å². The number of urea groups is 1. The van der Waals surface area contributed by atoms with Crippen LogP contribution in [0.4, 0.5) is 10.5 Å². The molecule has 4 aliphatic carbocycles. The van der Waals surface area contributed by atoms with E-state index >= 15 is 0 Å². The van der Waals surface area contributed by atoms with Gasteiger partial charge in [0.15, 0.2) is 0 Å². The van der Waals surface area contributed by atoms with Crippen LogP contribution in [0, 0.1) is 23.2 Å². The van der Waals surface area contributed by atoms with E-state index in [-0.39, 0.29) is 41.6 Å². The number of piperazine rings is 1. The van der Waals surface area contributed by atoms with Crippen LogP contribution in [-0.4, -0.2) is 91.2 Å². The number of pyridine rings is 1. The Bertz CT molecular complexity index is 1270. The Labute approximate surface area is 242 Å². The number of carbonyl (C=O) groups is 2. The molecule has 7 aliphatic rings. The van der Waals surface area contributed by atoms with Gasteiger partial charge < -0.3 is 25.6 Å². The summed E-state index contributed by atoms with van der Waals surface area (Å²) < 4.78 is 31.4. The van der Waals surface area contributed by atoms with Gasteiger partial charge in [-0.15, -0.1) is 0 Å². The number of sulfonamides is 1. The number of primary amides is 1. The number of amides is 3. The first kappa shape index (κ1) is 27.2. The van der Waals surface area contributed by atoms with Gasteiger partial charge in [-0.05, 0) is 68.8 Å². The Balaban J connectivity index is 0.934. The number of hydrogen-bond acceptors (Lipinski definition) is 7. The van der Waals surface area contributed by atoms with Crippen LogP contribution in [0.3, 0.4) is 0 Å². The van der Waals surface area contributed by atoms with Crippen molar-refractivity contribution in [1.29, 1.82) is 0 Å². The SMILES string of the molecule is CS(=O)(=O)N1CCN(c2ccc(OC3CC4CCC(C3)N4C(=O)NC3C4CC5CC3CC(C(N)=O)(C5)C4)nc2)CC1. The highest BCUT2D eigenvalue weighted by Crippen LogP contribution is 2.60. The topological polar surface area (TPSA) is 138 Å². The predicted octanol–water partition coefficient (Wildman–Crippen LogP) is 1.93. The van der Waals surface area contributed by atoms with Gasteiger partial charge in [-0.1, -0.05) is 0 Å².